The first-order valence-corrected chi connectivity index (χ1v) is 35.9. The van der Waals surface area contributed by atoms with Gasteiger partial charge in [0.05, 0.1) is 31.4 Å². The molecule has 0 aliphatic heterocycles. The third kappa shape index (κ3) is 29.8. The van der Waals surface area contributed by atoms with Gasteiger partial charge in [-0.1, -0.05) is 102 Å². The molecule has 0 aromatic rings. The molecule has 0 aromatic heterocycles. The van der Waals surface area contributed by atoms with E-state index in [1.54, 1.807) is 89.3 Å². The molecular formula is C73H132N12O17. The minimum atomic E-state index is -1.57. The van der Waals surface area contributed by atoms with Crippen molar-refractivity contribution < 1.29 is 81.6 Å². The second-order valence-electron chi connectivity index (χ2n) is 30.1. The van der Waals surface area contributed by atoms with Crippen LogP contribution in [0.25, 0.3) is 0 Å². The van der Waals surface area contributed by atoms with E-state index < -0.39 is 173 Å². The minimum Gasteiger partial charge on any atom is -0.462 e. The Hall–Kier alpha value is -7.27. The van der Waals surface area contributed by atoms with Crippen LogP contribution in [0.3, 0.4) is 0 Å². The number of allylic oxidation sites excluding steroid dienone is 2. The van der Waals surface area contributed by atoms with Gasteiger partial charge in [0, 0.05) is 69.1 Å². The molecule has 14 atom stereocenters. The summed E-state index contributed by atoms with van der Waals surface area (Å²) in [5, 5.41) is 24.1. The fraction of sp³-hybridized carbons (Fsp3) is 0.795. The lowest BCUT2D eigenvalue weighted by Gasteiger charge is -2.42. The van der Waals surface area contributed by atoms with Crippen molar-refractivity contribution in [2.45, 2.75) is 256 Å². The number of ether oxygens (including phenoxy) is 3. The van der Waals surface area contributed by atoms with Crippen molar-refractivity contribution >= 4 is 76.9 Å². The Morgan fingerprint density at radius 3 is 1.40 bits per heavy atom. The topological polar surface area (TPSA) is 353 Å². The van der Waals surface area contributed by atoms with Gasteiger partial charge in [0.15, 0.2) is 0 Å². The summed E-state index contributed by atoms with van der Waals surface area (Å²) < 4.78 is 17.1. The number of carbonyl (C=O) groups excluding carboxylic acids is 13. The van der Waals surface area contributed by atoms with E-state index in [1.807, 2.05) is 47.6 Å². The highest BCUT2D eigenvalue weighted by Gasteiger charge is 2.47. The summed E-state index contributed by atoms with van der Waals surface area (Å²) >= 11 is 0. The molecule has 29 nitrogen and oxygen atoms in total. The van der Waals surface area contributed by atoms with Crippen molar-refractivity contribution in [3.05, 3.63) is 12.2 Å². The van der Waals surface area contributed by atoms with Gasteiger partial charge in [-0.15, -0.1) is 0 Å². The molecule has 0 heterocycles. The molecule has 0 bridgehead atoms. The summed E-state index contributed by atoms with van der Waals surface area (Å²) in [5.74, 6) is -11.4. The van der Waals surface area contributed by atoms with Gasteiger partial charge in [0.25, 0.3) is 0 Å². The van der Waals surface area contributed by atoms with Crippen molar-refractivity contribution in [3.8, 4) is 0 Å². The Labute approximate surface area is 609 Å². The minimum absolute atomic E-state index is 0.0181. The lowest BCUT2D eigenvalue weighted by molar-refractivity contribution is -0.164. The maximum Gasteiger partial charge on any atom is 0.328 e. The smallest absolute Gasteiger partial charge is 0.328 e. The van der Waals surface area contributed by atoms with E-state index >= 15 is 14.4 Å². The van der Waals surface area contributed by atoms with Gasteiger partial charge < -0.3 is 80.2 Å². The molecule has 0 aliphatic carbocycles. The summed E-state index contributed by atoms with van der Waals surface area (Å²) in [7, 11) is 11.7. The molecule has 29 heteroatoms. The van der Waals surface area contributed by atoms with Crippen molar-refractivity contribution in [1.29, 1.82) is 0 Å². The molecule has 0 spiro atoms. The van der Waals surface area contributed by atoms with Crippen LogP contribution < -0.4 is 26.6 Å². The van der Waals surface area contributed by atoms with E-state index in [4.69, 9.17) is 14.2 Å². The third-order valence-corrected chi connectivity index (χ3v) is 18.1. The predicted molar refractivity (Wildman–Crippen MR) is 390 cm³/mol. The number of esters is 2. The van der Waals surface area contributed by atoms with E-state index in [1.165, 1.54) is 106 Å². The average molecular weight is 1450 g/mol. The average Bonchev–Trinajstić information content (AvgIpc) is 0.797. The maximum absolute atomic E-state index is 15.3. The standard InChI is InChI=1S/C73H132N12O17/c1-30-32-33-46(13)61(102-52(19)87)60(65(91)77-53(31-2)72(98)101-35-34-79(23)51(18)86)85(29)71(97)58(45(11)12)83(27)69(95)56(38-43(7)8)82(26)68(94)55(37-42(5)6)81(25)67(93)50(17)76-62(88)48(15)75-63(89)54(36-41(3)4)80(24)70(96)57(44(9)10)78-64(90)59(84(28)66(92)49(16)74-22)47(14)39-100-40-73(20,21)99/h30,32,41-50,53-61,74,99H,31,33-40H2,1-29H3,(H,75,89)(H,76,88)(H,77,91)(H,78,90)/b32-30+/t46-,47-,48+,49-,50-,53+,54+,55+,56+,57+,58+,59+,60+,61-/m1/s1. The monoisotopic (exact) mass is 1450 g/mol. The Balaban J connectivity index is 7.21. The zero-order valence-electron chi connectivity index (χ0n) is 67.1. The molecule has 0 saturated carbocycles. The molecule has 586 valence electrons. The van der Waals surface area contributed by atoms with Crippen LogP contribution in [-0.4, -0.2) is 277 Å². The Kier molecular flexibility index (Phi) is 41.2. The van der Waals surface area contributed by atoms with Gasteiger partial charge in [-0.3, -0.25) is 57.5 Å². The highest BCUT2D eigenvalue weighted by Crippen LogP contribution is 2.27. The van der Waals surface area contributed by atoms with Crippen LogP contribution in [0, 0.1) is 41.4 Å². The number of nitrogens with one attached hydrogen (secondary N) is 5. The van der Waals surface area contributed by atoms with E-state index in [0.29, 0.717) is 6.42 Å². The lowest BCUT2D eigenvalue weighted by atomic mass is 9.91. The normalized spacial score (nSPS) is 16.0. The summed E-state index contributed by atoms with van der Waals surface area (Å²) in [6, 6.07) is -13.2. The number of aliphatic hydroxyl groups is 1. The van der Waals surface area contributed by atoms with Crippen molar-refractivity contribution in [2.24, 2.45) is 41.4 Å². The molecule has 0 rings (SSSR count). The lowest BCUT2D eigenvalue weighted by Crippen LogP contribution is -2.63. The van der Waals surface area contributed by atoms with Crippen molar-refractivity contribution in [1.82, 2.24) is 60.9 Å². The summed E-state index contributed by atoms with van der Waals surface area (Å²) in [6.07, 6.45) is 3.02. The summed E-state index contributed by atoms with van der Waals surface area (Å²) in [4.78, 5) is 193. The Bertz CT molecular complexity index is 2810. The molecule has 0 radical (unpaired) electrons. The van der Waals surface area contributed by atoms with E-state index in [0.717, 1.165) is 4.90 Å². The van der Waals surface area contributed by atoms with Crippen molar-refractivity contribution in [2.75, 3.05) is 82.7 Å². The number of carbonyl (C=O) groups is 13. The molecule has 0 fully saturated rings. The second kappa shape index (κ2) is 44.4. The molecule has 102 heavy (non-hydrogen) atoms. The Morgan fingerprint density at radius 2 is 0.951 bits per heavy atom. The zero-order chi connectivity index (χ0) is 79.5. The van der Waals surface area contributed by atoms with E-state index in [9.17, 15) is 53.1 Å². The molecule has 0 unspecified atom stereocenters. The number of hydrogen-bond acceptors (Lipinski definition) is 18. The highest BCUT2D eigenvalue weighted by atomic mass is 16.5. The van der Waals surface area contributed by atoms with Gasteiger partial charge in [0.2, 0.25) is 65.0 Å². The van der Waals surface area contributed by atoms with E-state index in [-0.39, 0.29) is 75.7 Å². The second-order valence-corrected chi connectivity index (χ2v) is 30.1. The first-order valence-electron chi connectivity index (χ1n) is 35.9. The predicted octanol–water partition coefficient (Wildman–Crippen LogP) is 3.37. The van der Waals surface area contributed by atoms with Crippen LogP contribution in [0.4, 0.5) is 0 Å². The van der Waals surface area contributed by atoms with Crippen LogP contribution >= 0.6 is 0 Å². The third-order valence-electron chi connectivity index (χ3n) is 18.1. The van der Waals surface area contributed by atoms with Crippen molar-refractivity contribution in [3.63, 3.8) is 0 Å². The molecule has 0 aromatic carbocycles. The quantitative estimate of drug-likeness (QED) is 0.0376. The first-order chi connectivity index (χ1) is 47.0. The highest BCUT2D eigenvalue weighted by molar-refractivity contribution is 5.99. The maximum atomic E-state index is 15.3. The molecule has 0 saturated heterocycles. The fourth-order valence-electron chi connectivity index (χ4n) is 11.8. The van der Waals surface area contributed by atoms with Gasteiger partial charge in [-0.05, 0) is 116 Å². The first kappa shape index (κ1) is 94.7. The SMILES string of the molecule is C/C=C/C[C@@H](C)[C@@H](OC(C)=O)[C@@H](C(=O)N[C@@H](CC)C(=O)OCCN(C)C(C)=O)N(C)C(=O)[C@H](C(C)C)N(C)C(=O)[C@H](CC(C)C)N(C)C(=O)[C@H](CC(C)C)N(C)C(=O)[C@@H](C)NC(=O)[C@H](C)NC(=O)[C@H](CC(C)C)N(C)C(=O)[C@@H](NC(=O)[C@H]([C@H](C)COCC(C)(C)O)N(C)C(=O)[C@@H](C)NC)C(C)C. The van der Waals surface area contributed by atoms with Crippen LogP contribution in [0.1, 0.15) is 178 Å². The zero-order valence-corrected chi connectivity index (χ0v) is 67.1. The summed E-state index contributed by atoms with van der Waals surface area (Å²) in [5.41, 5.74) is -1.17. The number of nitrogens with zero attached hydrogens (tertiary/aromatic N) is 7. The number of rotatable bonds is 44. The molecule has 11 amide bonds. The Morgan fingerprint density at radius 1 is 0.500 bits per heavy atom. The van der Waals surface area contributed by atoms with Gasteiger partial charge in [-0.25, -0.2) is 4.79 Å². The fourth-order valence-corrected chi connectivity index (χ4v) is 11.8. The number of hydrogen-bond donors (Lipinski definition) is 6. The number of likely N-dealkylation sites (N-methyl/N-ethyl adjacent to an activating group) is 8. The van der Waals surface area contributed by atoms with E-state index in [2.05, 4.69) is 26.6 Å². The largest absolute Gasteiger partial charge is 0.462 e. The van der Waals surface area contributed by atoms with Gasteiger partial charge >= 0.3 is 11.9 Å². The number of amides is 11. The molecule has 0 aliphatic rings. The van der Waals surface area contributed by atoms with Crippen LogP contribution in [-0.2, 0) is 76.5 Å². The van der Waals surface area contributed by atoms with Crippen LogP contribution in [0.5, 0.6) is 0 Å². The summed E-state index contributed by atoms with van der Waals surface area (Å²) in [6.45, 7) is 34.9. The molecular weight excluding hydrogens is 1320 g/mol. The van der Waals surface area contributed by atoms with Crippen LogP contribution in [0.15, 0.2) is 12.2 Å². The van der Waals surface area contributed by atoms with Gasteiger partial charge in [-0.2, -0.15) is 0 Å². The van der Waals surface area contributed by atoms with Crippen LogP contribution in [0.2, 0.25) is 0 Å². The van der Waals surface area contributed by atoms with Gasteiger partial charge in [0.1, 0.15) is 73.1 Å². The molecule has 6 N–H and O–H groups in total.